The van der Waals surface area contributed by atoms with Gasteiger partial charge in [-0.1, -0.05) is 6.07 Å². The van der Waals surface area contributed by atoms with Crippen molar-refractivity contribution in [2.45, 2.75) is 25.7 Å². The number of anilines is 1. The van der Waals surface area contributed by atoms with Crippen molar-refractivity contribution >= 4 is 30.8 Å². The Bertz CT molecular complexity index is 1100. The average molecular weight is 528 g/mol. The van der Waals surface area contributed by atoms with Crippen molar-refractivity contribution in [2.24, 2.45) is 5.73 Å². The number of amides is 1. The van der Waals surface area contributed by atoms with E-state index in [9.17, 15) is 18.8 Å². The lowest BCUT2D eigenvalue weighted by Crippen LogP contribution is -2.38. The molecule has 3 rings (SSSR count). The van der Waals surface area contributed by atoms with Crippen LogP contribution in [0.2, 0.25) is 12.6 Å². The Hall–Kier alpha value is -3.48. The second kappa shape index (κ2) is 15.1. The largest absolute Gasteiger partial charge is 0.532 e. The van der Waals surface area contributed by atoms with Crippen LogP contribution in [0.1, 0.15) is 21.5 Å². The highest BCUT2D eigenvalue weighted by Gasteiger charge is 2.26. The number of benzene rings is 2. The van der Waals surface area contributed by atoms with E-state index < -0.39 is 18.7 Å². The van der Waals surface area contributed by atoms with E-state index in [2.05, 4.69) is 15.5 Å². The molecule has 1 aliphatic heterocycles. The molecule has 10 nitrogen and oxygen atoms in total. The first kappa shape index (κ1) is 29.1. The molecule has 0 radical (unpaired) electrons. The first-order valence-corrected chi connectivity index (χ1v) is 12.6. The number of morpholine rings is 1. The highest BCUT2D eigenvalue weighted by atomic mass is 19.1. The van der Waals surface area contributed by atoms with Crippen molar-refractivity contribution in [2.75, 3.05) is 51.8 Å². The van der Waals surface area contributed by atoms with Crippen LogP contribution >= 0.6 is 0 Å². The zero-order chi connectivity index (χ0) is 27.3. The fourth-order valence-electron chi connectivity index (χ4n) is 4.05. The molecule has 1 amide bonds. The van der Waals surface area contributed by atoms with Crippen LogP contribution in [0.15, 0.2) is 36.4 Å². The number of nitrogens with two attached hydrogens (primary N) is 1. The quantitative estimate of drug-likeness (QED) is 0.248. The number of carbonyl (C=O) groups is 3. The summed E-state index contributed by atoms with van der Waals surface area (Å²) in [4.78, 5) is 37.8. The minimum atomic E-state index is -0.901. The smallest absolute Gasteiger partial charge is 0.378 e. The molecule has 0 spiro atoms. The van der Waals surface area contributed by atoms with E-state index >= 15 is 0 Å². The maximum atomic E-state index is 14.5. The summed E-state index contributed by atoms with van der Waals surface area (Å²) in [6.45, 7) is 3.63. The Morgan fingerprint density at radius 3 is 2.74 bits per heavy atom. The minimum Gasteiger partial charge on any atom is -0.532 e. The predicted molar refractivity (Wildman–Crippen MR) is 142 cm³/mol. The molecule has 0 atom stereocenters. The highest BCUT2D eigenvalue weighted by Crippen LogP contribution is 2.24. The zero-order valence-electron chi connectivity index (χ0n) is 21.5. The van der Waals surface area contributed by atoms with Crippen molar-refractivity contribution in [3.8, 4) is 5.75 Å². The van der Waals surface area contributed by atoms with Crippen LogP contribution < -0.4 is 21.1 Å². The molecule has 1 heterocycles. The molecular weight excluding hydrogens is 494 g/mol. The number of hydrogen-bond donors (Lipinski definition) is 3. The van der Waals surface area contributed by atoms with Gasteiger partial charge in [0.05, 0.1) is 18.8 Å². The van der Waals surface area contributed by atoms with Gasteiger partial charge in [0.25, 0.3) is 0 Å². The molecule has 1 saturated heterocycles. The molecule has 0 saturated carbocycles. The Kier molecular flexibility index (Phi) is 11.5. The summed E-state index contributed by atoms with van der Waals surface area (Å²) < 4.78 is 31.2. The highest BCUT2D eigenvalue weighted by molar-refractivity contribution is 6.60. The van der Waals surface area contributed by atoms with Crippen LogP contribution in [0.4, 0.5) is 10.1 Å². The molecule has 1 fully saturated rings. The normalized spacial score (nSPS) is 13.4. The maximum Gasteiger partial charge on any atom is 0.378 e. The molecule has 38 heavy (non-hydrogen) atoms. The third-order valence-electron chi connectivity index (χ3n) is 6.19. The Balaban J connectivity index is 1.65. The second-order valence-corrected chi connectivity index (χ2v) is 8.75. The van der Waals surface area contributed by atoms with Gasteiger partial charge in [0.15, 0.2) is 0 Å². The fourth-order valence-corrected chi connectivity index (χ4v) is 4.05. The number of nitrogens with zero attached hydrogens (tertiary/aromatic N) is 1. The van der Waals surface area contributed by atoms with Gasteiger partial charge in [-0.05, 0) is 30.3 Å². The number of nitrogens with one attached hydrogen (secondary N) is 2. The van der Waals surface area contributed by atoms with Gasteiger partial charge in [-0.2, -0.15) is 0 Å². The summed E-state index contributed by atoms with van der Waals surface area (Å²) in [5.41, 5.74) is 7.55. The van der Waals surface area contributed by atoms with Crippen molar-refractivity contribution in [3.05, 3.63) is 58.9 Å². The van der Waals surface area contributed by atoms with Crippen LogP contribution in [0, 0.1) is 5.82 Å². The van der Waals surface area contributed by atoms with Crippen molar-refractivity contribution < 1.29 is 32.9 Å². The van der Waals surface area contributed by atoms with Crippen molar-refractivity contribution in [3.63, 3.8) is 0 Å². The van der Waals surface area contributed by atoms with Gasteiger partial charge in [0.1, 0.15) is 24.5 Å². The van der Waals surface area contributed by atoms with E-state index in [0.29, 0.717) is 48.7 Å². The molecule has 4 N–H and O–H groups in total. The molecule has 204 valence electrons. The third-order valence-corrected chi connectivity index (χ3v) is 6.19. The maximum absolute atomic E-state index is 14.5. The van der Waals surface area contributed by atoms with Gasteiger partial charge in [-0.15, -0.1) is 0 Å². The third kappa shape index (κ3) is 8.54. The van der Waals surface area contributed by atoms with E-state index in [1.807, 2.05) is 0 Å². The van der Waals surface area contributed by atoms with Gasteiger partial charge in [0.2, 0.25) is 5.91 Å². The molecule has 2 aromatic rings. The van der Waals surface area contributed by atoms with E-state index in [1.165, 1.54) is 13.1 Å². The Morgan fingerprint density at radius 2 is 2.03 bits per heavy atom. The molecule has 1 aliphatic rings. The number of carbonyl (C=O) groups excluding carboxylic acids is 3. The molecular formula is C26H34BFN4O6. The number of halogens is 1. The lowest BCUT2D eigenvalue weighted by Gasteiger charge is -2.26. The van der Waals surface area contributed by atoms with Crippen LogP contribution in [0.5, 0.6) is 5.75 Å². The molecule has 0 bridgehead atoms. The lowest BCUT2D eigenvalue weighted by atomic mass is 9.61. The summed E-state index contributed by atoms with van der Waals surface area (Å²) in [6.07, 6.45) is 0.345. The first-order valence-electron chi connectivity index (χ1n) is 12.6. The number of rotatable bonds is 14. The van der Waals surface area contributed by atoms with Crippen LogP contribution in [-0.2, 0) is 32.1 Å². The molecule has 0 aliphatic carbocycles. The number of aldehydes is 1. The summed E-state index contributed by atoms with van der Waals surface area (Å²) in [7, 11) is 1.46. The zero-order valence-corrected chi connectivity index (χ0v) is 21.5. The first-order chi connectivity index (χ1) is 18.4. The molecule has 2 aromatic carbocycles. The molecule has 0 unspecified atom stereocenters. The van der Waals surface area contributed by atoms with Crippen LogP contribution in [-0.4, -0.2) is 76.5 Å². The van der Waals surface area contributed by atoms with Gasteiger partial charge < -0.3 is 35.3 Å². The number of ether oxygens (including phenoxy) is 2. The van der Waals surface area contributed by atoms with Gasteiger partial charge in [-0.25, -0.2) is 9.18 Å². The summed E-state index contributed by atoms with van der Waals surface area (Å²) in [5, 5.41) is 5.59. The van der Waals surface area contributed by atoms with Crippen LogP contribution in [0.25, 0.3) is 0 Å². The van der Waals surface area contributed by atoms with Gasteiger partial charge >= 0.3 is 12.9 Å². The Morgan fingerprint density at radius 1 is 1.24 bits per heavy atom. The SMILES string of the molecule is CNC(=O)CB(CC=O)OC(=O)c1cccc(NCc2cc(OCCN3CCOCC3)ccc2F)c1CN. The monoisotopic (exact) mass is 528 g/mol. The molecule has 12 heteroatoms. The van der Waals surface area contributed by atoms with E-state index in [4.69, 9.17) is 19.9 Å². The molecule has 0 aromatic heterocycles. The van der Waals surface area contributed by atoms with E-state index in [1.54, 1.807) is 30.3 Å². The summed E-state index contributed by atoms with van der Waals surface area (Å²) >= 11 is 0. The average Bonchev–Trinajstić information content (AvgIpc) is 2.93. The van der Waals surface area contributed by atoms with E-state index in [0.717, 1.165) is 19.6 Å². The number of hydrogen-bond acceptors (Lipinski definition) is 9. The summed E-state index contributed by atoms with van der Waals surface area (Å²) in [5.74, 6) is -0.890. The fraction of sp³-hybridized carbons (Fsp3) is 0.423. The van der Waals surface area contributed by atoms with Crippen LogP contribution in [0.3, 0.4) is 0 Å². The van der Waals surface area contributed by atoms with Crippen molar-refractivity contribution in [1.29, 1.82) is 0 Å². The van der Waals surface area contributed by atoms with Crippen molar-refractivity contribution in [1.82, 2.24) is 10.2 Å². The second-order valence-electron chi connectivity index (χ2n) is 8.75. The Labute approximate surface area is 222 Å². The van der Waals surface area contributed by atoms with Gasteiger partial charge in [-0.3, -0.25) is 9.69 Å². The van der Waals surface area contributed by atoms with Gasteiger partial charge in [0, 0.05) is 69.2 Å². The topological polar surface area (TPSA) is 132 Å². The minimum absolute atomic E-state index is 0.00850. The van der Waals surface area contributed by atoms with E-state index in [-0.39, 0.29) is 37.2 Å². The predicted octanol–water partition coefficient (Wildman–Crippen LogP) is 1.70. The lowest BCUT2D eigenvalue weighted by molar-refractivity contribution is -0.118. The summed E-state index contributed by atoms with van der Waals surface area (Å²) in [6, 6.07) is 9.52. The standard InChI is InChI=1S/C26H34BFN4O6/c1-30-25(34)16-27(7-11-33)38-26(35)21-3-2-4-24(22(21)17-29)31-18-19-15-20(5-6-23(19)28)37-14-10-32-8-12-36-13-9-32/h2-6,11,15,31H,7-10,12-14,16-18,29H2,1H3,(H,30,34).